The maximum absolute atomic E-state index is 11.7. The maximum Gasteiger partial charge on any atom is 0.258 e. The van der Waals surface area contributed by atoms with E-state index < -0.39 is 17.9 Å². The Bertz CT molecular complexity index is 541. The summed E-state index contributed by atoms with van der Waals surface area (Å²) >= 11 is 0. The molecule has 1 fully saturated rings. The Hall–Kier alpha value is -2.57. The molecule has 2 rings (SSSR count). The molecule has 1 heterocycles. The summed E-state index contributed by atoms with van der Waals surface area (Å²) < 4.78 is 10.3. The van der Waals surface area contributed by atoms with Gasteiger partial charge >= 0.3 is 0 Å². The summed E-state index contributed by atoms with van der Waals surface area (Å²) in [6.07, 6.45) is 0.523. The number of methoxy groups -OCH3 is 1. The highest BCUT2D eigenvalue weighted by Crippen LogP contribution is 2.16. The molecule has 0 bridgehead atoms. The van der Waals surface area contributed by atoms with E-state index in [1.54, 1.807) is 31.4 Å². The van der Waals surface area contributed by atoms with E-state index >= 15 is 0 Å². The normalized spacial score (nSPS) is 17.9. The van der Waals surface area contributed by atoms with E-state index in [-0.39, 0.29) is 18.9 Å². The first-order valence-electron chi connectivity index (χ1n) is 6.48. The predicted molar refractivity (Wildman–Crippen MR) is 72.8 cm³/mol. The Balaban J connectivity index is 1.79. The van der Waals surface area contributed by atoms with Crippen molar-refractivity contribution in [2.45, 2.75) is 18.9 Å². The van der Waals surface area contributed by atoms with Crippen molar-refractivity contribution in [2.75, 3.05) is 13.7 Å². The minimum Gasteiger partial charge on any atom is -0.497 e. The minimum atomic E-state index is -0.685. The Morgan fingerprint density at radius 1 is 1.29 bits per heavy atom. The average Bonchev–Trinajstić information content (AvgIpc) is 2.48. The molecular weight excluding hydrogens is 276 g/mol. The molecule has 1 unspecified atom stereocenters. The van der Waals surface area contributed by atoms with Crippen molar-refractivity contribution in [1.29, 1.82) is 0 Å². The van der Waals surface area contributed by atoms with Crippen LogP contribution in [0.3, 0.4) is 0 Å². The molecule has 1 aliphatic heterocycles. The second-order valence-corrected chi connectivity index (χ2v) is 4.54. The number of ether oxygens (including phenoxy) is 2. The minimum absolute atomic E-state index is 0.204. The number of imide groups is 1. The Morgan fingerprint density at radius 3 is 2.57 bits per heavy atom. The van der Waals surface area contributed by atoms with Crippen LogP contribution in [-0.2, 0) is 14.4 Å². The van der Waals surface area contributed by atoms with Gasteiger partial charge in [-0.05, 0) is 30.7 Å². The molecule has 0 saturated carbocycles. The second-order valence-electron chi connectivity index (χ2n) is 4.54. The van der Waals surface area contributed by atoms with Gasteiger partial charge in [0.05, 0.1) is 7.11 Å². The molecule has 7 nitrogen and oxygen atoms in total. The molecule has 1 atom stereocenters. The van der Waals surface area contributed by atoms with Gasteiger partial charge in [-0.3, -0.25) is 19.7 Å². The van der Waals surface area contributed by atoms with E-state index in [4.69, 9.17) is 9.47 Å². The van der Waals surface area contributed by atoms with Crippen LogP contribution in [0.1, 0.15) is 12.8 Å². The Labute approximate surface area is 121 Å². The van der Waals surface area contributed by atoms with E-state index in [0.717, 1.165) is 0 Å². The van der Waals surface area contributed by atoms with Crippen LogP contribution in [0.5, 0.6) is 11.5 Å². The summed E-state index contributed by atoms with van der Waals surface area (Å²) in [6.45, 7) is -0.204. The third kappa shape index (κ3) is 4.20. The predicted octanol–water partition coefficient (Wildman–Crippen LogP) is -0.00460. The largest absolute Gasteiger partial charge is 0.497 e. The Morgan fingerprint density at radius 2 is 1.95 bits per heavy atom. The lowest BCUT2D eigenvalue weighted by Crippen LogP contribution is -2.53. The molecule has 3 amide bonds. The summed E-state index contributed by atoms with van der Waals surface area (Å²) in [5, 5.41) is 4.70. The van der Waals surface area contributed by atoms with Crippen LogP contribution in [0.4, 0.5) is 0 Å². The molecule has 2 N–H and O–H groups in total. The second kappa shape index (κ2) is 6.74. The molecule has 7 heteroatoms. The first kappa shape index (κ1) is 14.8. The topological polar surface area (TPSA) is 93.7 Å². The van der Waals surface area contributed by atoms with Gasteiger partial charge in [0, 0.05) is 6.42 Å². The zero-order valence-electron chi connectivity index (χ0n) is 11.5. The van der Waals surface area contributed by atoms with Gasteiger partial charge in [-0.1, -0.05) is 0 Å². The number of carbonyl (C=O) groups is 3. The molecule has 0 aromatic heterocycles. The van der Waals surface area contributed by atoms with Gasteiger partial charge in [-0.25, -0.2) is 0 Å². The molecule has 112 valence electrons. The van der Waals surface area contributed by atoms with E-state index in [0.29, 0.717) is 17.9 Å². The molecule has 0 spiro atoms. The zero-order valence-corrected chi connectivity index (χ0v) is 11.5. The standard InChI is InChI=1S/C14H16N2O5/c1-20-9-2-4-10(5-3-9)21-8-13(18)15-11-6-7-12(17)16-14(11)19/h2-5,11H,6-8H2,1H3,(H,15,18)(H,16,17,19). The average molecular weight is 292 g/mol. The van der Waals surface area contributed by atoms with Crippen LogP contribution in [-0.4, -0.2) is 37.5 Å². The smallest absolute Gasteiger partial charge is 0.258 e. The van der Waals surface area contributed by atoms with Gasteiger partial charge in [0.15, 0.2) is 6.61 Å². The lowest BCUT2D eigenvalue weighted by molar-refractivity contribution is -0.137. The number of nitrogens with one attached hydrogen (secondary N) is 2. The van der Waals surface area contributed by atoms with Gasteiger partial charge in [0.25, 0.3) is 5.91 Å². The molecular formula is C14H16N2O5. The fourth-order valence-corrected chi connectivity index (χ4v) is 1.89. The highest BCUT2D eigenvalue weighted by atomic mass is 16.5. The maximum atomic E-state index is 11.7. The highest BCUT2D eigenvalue weighted by Gasteiger charge is 2.27. The first-order valence-corrected chi connectivity index (χ1v) is 6.48. The Kier molecular flexibility index (Phi) is 4.76. The van der Waals surface area contributed by atoms with Crippen molar-refractivity contribution < 1.29 is 23.9 Å². The summed E-state index contributed by atoms with van der Waals surface area (Å²) in [6, 6.07) is 6.10. The number of amides is 3. The van der Waals surface area contributed by atoms with Crippen LogP contribution in [0.15, 0.2) is 24.3 Å². The SMILES string of the molecule is COc1ccc(OCC(=O)NC2CCC(=O)NC2=O)cc1. The van der Waals surface area contributed by atoms with E-state index in [2.05, 4.69) is 10.6 Å². The number of rotatable bonds is 5. The zero-order chi connectivity index (χ0) is 15.2. The highest BCUT2D eigenvalue weighted by molar-refractivity contribution is 6.01. The van der Waals surface area contributed by atoms with Gasteiger partial charge < -0.3 is 14.8 Å². The third-order valence-corrected chi connectivity index (χ3v) is 3.00. The van der Waals surface area contributed by atoms with E-state index in [1.807, 2.05) is 0 Å². The number of hydrogen-bond acceptors (Lipinski definition) is 5. The van der Waals surface area contributed by atoms with E-state index in [1.165, 1.54) is 0 Å². The van der Waals surface area contributed by atoms with Crippen LogP contribution in [0.25, 0.3) is 0 Å². The summed E-state index contributed by atoms with van der Waals surface area (Å²) in [5.41, 5.74) is 0. The van der Waals surface area contributed by atoms with Gasteiger partial charge in [-0.2, -0.15) is 0 Å². The quantitative estimate of drug-likeness (QED) is 0.745. The lowest BCUT2D eigenvalue weighted by Gasteiger charge is -2.21. The van der Waals surface area contributed by atoms with E-state index in [9.17, 15) is 14.4 Å². The van der Waals surface area contributed by atoms with Crippen molar-refractivity contribution in [3.05, 3.63) is 24.3 Å². The molecule has 1 aliphatic rings. The monoisotopic (exact) mass is 292 g/mol. The van der Waals surface area contributed by atoms with Crippen LogP contribution >= 0.6 is 0 Å². The van der Waals surface area contributed by atoms with Crippen LogP contribution < -0.4 is 20.1 Å². The number of piperidine rings is 1. The summed E-state index contributed by atoms with van der Waals surface area (Å²) in [4.78, 5) is 34.2. The number of carbonyl (C=O) groups excluding carboxylic acids is 3. The summed E-state index contributed by atoms with van der Waals surface area (Å²) in [7, 11) is 1.56. The van der Waals surface area contributed by atoms with Crippen molar-refractivity contribution in [3.63, 3.8) is 0 Å². The van der Waals surface area contributed by atoms with Gasteiger partial charge in [0.1, 0.15) is 17.5 Å². The lowest BCUT2D eigenvalue weighted by atomic mass is 10.1. The molecule has 0 radical (unpaired) electrons. The van der Waals surface area contributed by atoms with Crippen LogP contribution in [0.2, 0.25) is 0 Å². The summed E-state index contributed by atoms with van der Waals surface area (Å²) in [5.74, 6) is -0.00563. The fourth-order valence-electron chi connectivity index (χ4n) is 1.89. The molecule has 21 heavy (non-hydrogen) atoms. The van der Waals surface area contributed by atoms with Crippen LogP contribution in [0, 0.1) is 0 Å². The first-order chi connectivity index (χ1) is 10.1. The third-order valence-electron chi connectivity index (χ3n) is 3.00. The van der Waals surface area contributed by atoms with Gasteiger partial charge in [-0.15, -0.1) is 0 Å². The van der Waals surface area contributed by atoms with Gasteiger partial charge in [0.2, 0.25) is 11.8 Å². The fraction of sp³-hybridized carbons (Fsp3) is 0.357. The molecule has 1 aromatic rings. The van der Waals surface area contributed by atoms with Crippen molar-refractivity contribution in [1.82, 2.24) is 10.6 Å². The van der Waals surface area contributed by atoms with Crippen molar-refractivity contribution >= 4 is 17.7 Å². The molecule has 0 aliphatic carbocycles. The molecule has 1 saturated heterocycles. The number of hydrogen-bond donors (Lipinski definition) is 2. The van der Waals surface area contributed by atoms with Crippen molar-refractivity contribution in [2.24, 2.45) is 0 Å². The van der Waals surface area contributed by atoms with Crippen molar-refractivity contribution in [3.8, 4) is 11.5 Å². The number of benzene rings is 1. The molecule has 1 aromatic carbocycles.